The van der Waals surface area contributed by atoms with Crippen LogP contribution in [0.15, 0.2) is 40.9 Å². The first kappa shape index (κ1) is 16.4. The van der Waals surface area contributed by atoms with E-state index in [2.05, 4.69) is 25.1 Å². The summed E-state index contributed by atoms with van der Waals surface area (Å²) < 4.78 is 11.4. The van der Waals surface area contributed by atoms with Crippen molar-refractivity contribution >= 4 is 22.6 Å². The zero-order valence-electron chi connectivity index (χ0n) is 15.8. The van der Waals surface area contributed by atoms with E-state index in [1.807, 2.05) is 42.2 Å². The first-order valence-electron chi connectivity index (χ1n) is 9.47. The zero-order chi connectivity index (χ0) is 18.8. The third-order valence-corrected chi connectivity index (χ3v) is 5.85. The lowest BCUT2D eigenvalue weighted by Crippen LogP contribution is -2.43. The van der Waals surface area contributed by atoms with Crippen LogP contribution >= 0.6 is 0 Å². The number of benzene rings is 2. The number of rotatable bonds is 3. The molecule has 0 fully saturated rings. The van der Waals surface area contributed by atoms with E-state index in [0.29, 0.717) is 23.9 Å². The third kappa shape index (κ3) is 2.11. The third-order valence-electron chi connectivity index (χ3n) is 5.85. The number of carbonyl (C=O) groups excluding carboxylic acids is 1. The SMILES string of the molecule is Cc1noc2cc3c(cc12)C1(CO3)C(=O)N(CCC(C)C)c2ccccc21. The molecule has 0 radical (unpaired) electrons. The quantitative estimate of drug-likeness (QED) is 0.700. The molecule has 138 valence electrons. The number of aryl methyl sites for hydroxylation is 1. The average Bonchev–Trinajstić information content (AvgIpc) is 3.28. The summed E-state index contributed by atoms with van der Waals surface area (Å²) in [4.78, 5) is 15.7. The van der Waals surface area contributed by atoms with Crippen molar-refractivity contribution in [3.8, 4) is 5.75 Å². The van der Waals surface area contributed by atoms with E-state index in [-0.39, 0.29) is 5.91 Å². The zero-order valence-corrected chi connectivity index (χ0v) is 15.8. The summed E-state index contributed by atoms with van der Waals surface area (Å²) in [6.45, 7) is 7.33. The van der Waals surface area contributed by atoms with E-state index in [9.17, 15) is 4.79 Å². The minimum Gasteiger partial charge on any atom is -0.491 e. The van der Waals surface area contributed by atoms with Crippen molar-refractivity contribution in [2.75, 3.05) is 18.1 Å². The molecule has 0 N–H and O–H groups in total. The maximum absolute atomic E-state index is 13.7. The fraction of sp³-hybridized carbons (Fsp3) is 0.364. The van der Waals surface area contributed by atoms with Crippen molar-refractivity contribution < 1.29 is 14.1 Å². The van der Waals surface area contributed by atoms with Gasteiger partial charge in [-0.1, -0.05) is 37.2 Å². The minimum absolute atomic E-state index is 0.108. The molecule has 0 aliphatic carbocycles. The second-order valence-electron chi connectivity index (χ2n) is 7.96. The highest BCUT2D eigenvalue weighted by Crippen LogP contribution is 2.53. The summed E-state index contributed by atoms with van der Waals surface area (Å²) in [7, 11) is 0. The van der Waals surface area contributed by atoms with Gasteiger partial charge in [0.15, 0.2) is 5.58 Å². The number of nitrogens with zero attached hydrogens (tertiary/aromatic N) is 2. The molecular formula is C22H22N2O3. The van der Waals surface area contributed by atoms with Crippen LogP contribution in [0.5, 0.6) is 5.75 Å². The maximum atomic E-state index is 13.7. The van der Waals surface area contributed by atoms with E-state index >= 15 is 0 Å². The molecule has 1 spiro atoms. The number of anilines is 1. The number of hydrogen-bond acceptors (Lipinski definition) is 4. The number of carbonyl (C=O) groups is 1. The molecule has 2 aromatic carbocycles. The molecule has 1 amide bonds. The molecule has 3 aromatic rings. The van der Waals surface area contributed by atoms with Gasteiger partial charge in [-0.15, -0.1) is 0 Å². The smallest absolute Gasteiger partial charge is 0.245 e. The van der Waals surface area contributed by atoms with Gasteiger partial charge in [-0.3, -0.25) is 4.79 Å². The highest BCUT2D eigenvalue weighted by atomic mass is 16.5. The highest BCUT2D eigenvalue weighted by Gasteiger charge is 2.56. The summed E-state index contributed by atoms with van der Waals surface area (Å²) in [5, 5.41) is 4.99. The Bertz CT molecular complexity index is 1070. The molecule has 5 heteroatoms. The Kier molecular flexibility index (Phi) is 3.39. The second kappa shape index (κ2) is 5.59. The standard InChI is InChI=1S/C22H22N2O3/c1-13(2)8-9-24-18-7-5-4-6-16(18)22(21(24)25)12-26-20-11-19-15(10-17(20)22)14(3)23-27-19/h4-7,10-11,13H,8-9,12H2,1-3H3. The van der Waals surface area contributed by atoms with Gasteiger partial charge in [0.2, 0.25) is 5.91 Å². The van der Waals surface area contributed by atoms with Crippen LogP contribution in [0.1, 0.15) is 37.1 Å². The maximum Gasteiger partial charge on any atom is 0.245 e. The molecule has 1 atom stereocenters. The molecule has 0 saturated heterocycles. The fourth-order valence-electron chi connectivity index (χ4n) is 4.34. The summed E-state index contributed by atoms with van der Waals surface area (Å²) in [6, 6.07) is 12.0. The van der Waals surface area contributed by atoms with Crippen LogP contribution in [0.2, 0.25) is 0 Å². The Morgan fingerprint density at radius 3 is 2.85 bits per heavy atom. The number of amides is 1. The largest absolute Gasteiger partial charge is 0.491 e. The van der Waals surface area contributed by atoms with Crippen molar-refractivity contribution in [2.45, 2.75) is 32.6 Å². The molecule has 27 heavy (non-hydrogen) atoms. The summed E-state index contributed by atoms with van der Waals surface area (Å²) in [5.41, 5.74) is 3.70. The van der Waals surface area contributed by atoms with Gasteiger partial charge in [0, 0.05) is 29.2 Å². The van der Waals surface area contributed by atoms with Gasteiger partial charge >= 0.3 is 0 Å². The summed E-state index contributed by atoms with van der Waals surface area (Å²) in [6.07, 6.45) is 0.966. The number of aromatic nitrogens is 1. The van der Waals surface area contributed by atoms with Gasteiger partial charge in [0.1, 0.15) is 17.8 Å². The Balaban J connectivity index is 1.71. The van der Waals surface area contributed by atoms with Gasteiger partial charge in [0.05, 0.1) is 5.69 Å². The Labute approximate surface area is 157 Å². The van der Waals surface area contributed by atoms with Gasteiger partial charge < -0.3 is 14.2 Å². The summed E-state index contributed by atoms with van der Waals surface area (Å²) in [5.74, 6) is 1.36. The molecule has 1 aromatic heterocycles. The van der Waals surface area contributed by atoms with E-state index in [1.54, 1.807) is 0 Å². The lowest BCUT2D eigenvalue weighted by Gasteiger charge is -2.23. The molecule has 2 aliphatic rings. The van der Waals surface area contributed by atoms with Crippen molar-refractivity contribution in [3.63, 3.8) is 0 Å². The Morgan fingerprint density at radius 1 is 1.22 bits per heavy atom. The average molecular weight is 362 g/mol. The van der Waals surface area contributed by atoms with Crippen molar-refractivity contribution in [1.29, 1.82) is 0 Å². The second-order valence-corrected chi connectivity index (χ2v) is 7.96. The fourth-order valence-corrected chi connectivity index (χ4v) is 4.34. The molecule has 2 aliphatic heterocycles. The van der Waals surface area contributed by atoms with Crippen molar-refractivity contribution in [1.82, 2.24) is 5.16 Å². The van der Waals surface area contributed by atoms with E-state index < -0.39 is 5.41 Å². The van der Waals surface area contributed by atoms with Gasteiger partial charge in [-0.05, 0) is 37.0 Å². The first-order chi connectivity index (χ1) is 13.0. The highest BCUT2D eigenvalue weighted by molar-refractivity contribution is 6.12. The van der Waals surface area contributed by atoms with Crippen LogP contribution in [0, 0.1) is 12.8 Å². The van der Waals surface area contributed by atoms with E-state index in [1.165, 1.54) is 0 Å². The lowest BCUT2D eigenvalue weighted by atomic mass is 9.77. The molecule has 0 saturated carbocycles. The number of hydrogen-bond donors (Lipinski definition) is 0. The number of para-hydroxylation sites is 1. The van der Waals surface area contributed by atoms with Crippen LogP contribution in [-0.2, 0) is 10.2 Å². The Morgan fingerprint density at radius 2 is 2.04 bits per heavy atom. The van der Waals surface area contributed by atoms with Gasteiger partial charge in [0.25, 0.3) is 0 Å². The number of ether oxygens (including phenoxy) is 1. The molecule has 5 rings (SSSR count). The molecule has 3 heterocycles. The van der Waals surface area contributed by atoms with Crippen molar-refractivity contribution in [3.05, 3.63) is 53.2 Å². The monoisotopic (exact) mass is 362 g/mol. The van der Waals surface area contributed by atoms with Crippen LogP contribution in [0.4, 0.5) is 5.69 Å². The van der Waals surface area contributed by atoms with Crippen LogP contribution in [-0.4, -0.2) is 24.2 Å². The van der Waals surface area contributed by atoms with Crippen molar-refractivity contribution in [2.24, 2.45) is 5.92 Å². The first-order valence-corrected chi connectivity index (χ1v) is 9.47. The van der Waals surface area contributed by atoms with E-state index in [0.717, 1.165) is 40.9 Å². The van der Waals surface area contributed by atoms with Crippen LogP contribution in [0.25, 0.3) is 11.0 Å². The Hall–Kier alpha value is -2.82. The number of fused-ring (bicyclic) bond motifs is 5. The minimum atomic E-state index is -0.777. The van der Waals surface area contributed by atoms with Gasteiger partial charge in [-0.25, -0.2) is 0 Å². The topological polar surface area (TPSA) is 55.6 Å². The van der Waals surface area contributed by atoms with E-state index in [4.69, 9.17) is 9.26 Å². The predicted molar refractivity (Wildman–Crippen MR) is 103 cm³/mol. The van der Waals surface area contributed by atoms with Crippen LogP contribution < -0.4 is 9.64 Å². The summed E-state index contributed by atoms with van der Waals surface area (Å²) >= 11 is 0. The molecule has 0 bridgehead atoms. The molecule has 1 unspecified atom stereocenters. The normalized spacial score (nSPS) is 20.6. The lowest BCUT2D eigenvalue weighted by molar-refractivity contribution is -0.122. The molecule has 5 nitrogen and oxygen atoms in total. The predicted octanol–water partition coefficient (Wildman–Crippen LogP) is 4.21. The van der Waals surface area contributed by atoms with Gasteiger partial charge in [-0.2, -0.15) is 0 Å². The van der Waals surface area contributed by atoms with Crippen LogP contribution in [0.3, 0.4) is 0 Å². The molecular weight excluding hydrogens is 340 g/mol.